The van der Waals surface area contributed by atoms with Crippen LogP contribution in [0.4, 0.5) is 15.0 Å². The first kappa shape index (κ1) is 36.2. The average Bonchev–Trinajstić information content (AvgIpc) is 3.57. The summed E-state index contributed by atoms with van der Waals surface area (Å²) in [5.74, 6) is 0.755. The van der Waals surface area contributed by atoms with E-state index in [0.29, 0.717) is 61.3 Å². The van der Waals surface area contributed by atoms with Gasteiger partial charge in [-0.05, 0) is 107 Å². The first-order valence-corrected chi connectivity index (χ1v) is 18.7. The van der Waals surface area contributed by atoms with Crippen LogP contribution in [0.3, 0.4) is 0 Å². The molecular formula is C41H52FN5O5. The first-order chi connectivity index (χ1) is 25.0. The Morgan fingerprint density at radius 3 is 2.52 bits per heavy atom. The second-order valence-electron chi connectivity index (χ2n) is 15.6. The van der Waals surface area contributed by atoms with Crippen molar-refractivity contribution in [1.29, 1.82) is 0 Å². The summed E-state index contributed by atoms with van der Waals surface area (Å²) in [5, 5.41) is 2.53. The molecule has 4 aromatic rings. The Morgan fingerprint density at radius 1 is 0.981 bits per heavy atom. The van der Waals surface area contributed by atoms with Gasteiger partial charge in [0.05, 0.1) is 6.61 Å². The molecule has 1 aliphatic carbocycles. The molecule has 278 valence electrons. The molecule has 7 rings (SSSR count). The van der Waals surface area contributed by atoms with Crippen LogP contribution >= 0.6 is 0 Å². The van der Waals surface area contributed by atoms with E-state index < -0.39 is 11.4 Å². The van der Waals surface area contributed by atoms with E-state index in [4.69, 9.17) is 28.9 Å². The van der Waals surface area contributed by atoms with E-state index >= 15 is 4.39 Å². The Morgan fingerprint density at radius 2 is 1.77 bits per heavy atom. The Bertz CT molecular complexity index is 1940. The molecule has 3 aromatic carbocycles. The topological polar surface area (TPSA) is 89.5 Å². The number of halogens is 1. The van der Waals surface area contributed by atoms with Crippen LogP contribution in [-0.4, -0.2) is 97.8 Å². The highest BCUT2D eigenvalue weighted by Crippen LogP contribution is 2.48. The minimum Gasteiger partial charge on any atom is -0.468 e. The summed E-state index contributed by atoms with van der Waals surface area (Å²) in [6.45, 7) is 11.3. The molecule has 11 heteroatoms. The number of piperidine rings is 1. The second-order valence-corrected chi connectivity index (χ2v) is 15.6. The van der Waals surface area contributed by atoms with Crippen molar-refractivity contribution in [3.8, 4) is 22.9 Å². The third kappa shape index (κ3) is 7.09. The third-order valence-corrected chi connectivity index (χ3v) is 11.1. The SMILES string of the molecule is CCc1cccc2cc(OCOC)cc(-c3ccc4c(N5CCN(C(=O)OC(C)(C)C)CC5)nc(OC[C@]56CCC[C@H]5N(C)CCC6)nc4c3F)c12. The van der Waals surface area contributed by atoms with Crippen LogP contribution in [0.5, 0.6) is 11.8 Å². The lowest BCUT2D eigenvalue weighted by atomic mass is 9.76. The summed E-state index contributed by atoms with van der Waals surface area (Å²) in [4.78, 5) is 29.0. The van der Waals surface area contributed by atoms with Crippen molar-refractivity contribution >= 4 is 33.6 Å². The van der Waals surface area contributed by atoms with E-state index in [9.17, 15) is 4.79 Å². The Kier molecular flexibility index (Phi) is 10.2. The molecule has 0 spiro atoms. The number of anilines is 1. The number of hydrogen-bond donors (Lipinski definition) is 0. The molecule has 2 saturated heterocycles. The highest BCUT2D eigenvalue weighted by Gasteiger charge is 2.47. The standard InChI is InChI=1S/C41H52FN5O5/c1-7-27-11-8-12-28-23-29(51-26-49-6)24-32(34(27)28)30-14-15-31-36(35(30)42)43-38(50-25-41-16-9-13-33(41)45(5)18-10-17-41)44-37(31)46-19-21-47(22-20-46)39(48)52-40(2,3)4/h8,11-12,14-15,23-24,33H,7,9-10,13,16-22,25-26H2,1-6H3/t33-,41-/m1/s1. The van der Waals surface area contributed by atoms with E-state index in [-0.39, 0.29) is 29.8 Å². The monoisotopic (exact) mass is 713 g/mol. The summed E-state index contributed by atoms with van der Waals surface area (Å²) in [7, 11) is 3.79. The molecule has 0 radical (unpaired) electrons. The Hall–Kier alpha value is -4.22. The molecule has 3 aliphatic rings. The predicted octanol–water partition coefficient (Wildman–Crippen LogP) is 7.83. The number of rotatable bonds is 9. The minimum absolute atomic E-state index is 0.0308. The van der Waals surface area contributed by atoms with Crippen LogP contribution in [0.2, 0.25) is 0 Å². The summed E-state index contributed by atoms with van der Waals surface area (Å²) in [6, 6.07) is 14.4. The van der Waals surface area contributed by atoms with E-state index in [1.807, 2.05) is 57.2 Å². The molecule has 3 fully saturated rings. The molecule has 3 heterocycles. The van der Waals surface area contributed by atoms with E-state index in [2.05, 4.69) is 29.8 Å². The van der Waals surface area contributed by atoms with E-state index in [1.54, 1.807) is 12.0 Å². The van der Waals surface area contributed by atoms with Gasteiger partial charge in [-0.2, -0.15) is 9.97 Å². The van der Waals surface area contributed by atoms with Crippen LogP contribution in [0.15, 0.2) is 42.5 Å². The van der Waals surface area contributed by atoms with Gasteiger partial charge in [0.25, 0.3) is 0 Å². The molecule has 2 atom stereocenters. The smallest absolute Gasteiger partial charge is 0.410 e. The molecule has 0 N–H and O–H groups in total. The largest absolute Gasteiger partial charge is 0.468 e. The van der Waals surface area contributed by atoms with Crippen LogP contribution < -0.4 is 14.4 Å². The number of benzene rings is 3. The molecule has 0 unspecified atom stereocenters. The number of methoxy groups -OCH3 is 1. The fraction of sp³-hybridized carbons (Fsp3) is 0.537. The second kappa shape index (κ2) is 14.7. The zero-order valence-electron chi connectivity index (χ0n) is 31.5. The number of likely N-dealkylation sites (tertiary alicyclic amines) is 1. The zero-order chi connectivity index (χ0) is 36.6. The van der Waals surface area contributed by atoms with Gasteiger partial charge in [0, 0.05) is 55.7 Å². The highest BCUT2D eigenvalue weighted by molar-refractivity contribution is 6.03. The number of carbonyl (C=O) groups is 1. The number of piperazine rings is 1. The van der Waals surface area contributed by atoms with Crippen molar-refractivity contribution < 1.29 is 28.1 Å². The highest BCUT2D eigenvalue weighted by atomic mass is 19.1. The van der Waals surface area contributed by atoms with Crippen LogP contribution in [0, 0.1) is 11.2 Å². The van der Waals surface area contributed by atoms with Crippen molar-refractivity contribution in [2.75, 3.05) is 65.2 Å². The van der Waals surface area contributed by atoms with Gasteiger partial charge in [-0.15, -0.1) is 0 Å². The third-order valence-electron chi connectivity index (χ3n) is 11.1. The lowest BCUT2D eigenvalue weighted by molar-refractivity contribution is 0.0133. The lowest BCUT2D eigenvalue weighted by Crippen LogP contribution is -2.50. The Balaban J connectivity index is 1.30. The van der Waals surface area contributed by atoms with Gasteiger partial charge in [0.1, 0.15) is 22.7 Å². The van der Waals surface area contributed by atoms with Gasteiger partial charge in [-0.1, -0.05) is 37.6 Å². The predicted molar refractivity (Wildman–Crippen MR) is 202 cm³/mol. The molecular weight excluding hydrogens is 661 g/mol. The summed E-state index contributed by atoms with van der Waals surface area (Å²) in [6.07, 6.45) is 6.10. The zero-order valence-corrected chi connectivity index (χ0v) is 31.5. The summed E-state index contributed by atoms with van der Waals surface area (Å²) < 4.78 is 40.6. The maximum absolute atomic E-state index is 17.3. The molecule has 52 heavy (non-hydrogen) atoms. The normalized spacial score (nSPS) is 21.1. The van der Waals surface area contributed by atoms with Crippen molar-refractivity contribution in [2.45, 2.75) is 77.9 Å². The van der Waals surface area contributed by atoms with Crippen LogP contribution in [-0.2, 0) is 15.9 Å². The maximum Gasteiger partial charge on any atom is 0.410 e. The van der Waals surface area contributed by atoms with Crippen molar-refractivity contribution in [2.24, 2.45) is 5.41 Å². The molecule has 10 nitrogen and oxygen atoms in total. The van der Waals surface area contributed by atoms with Crippen molar-refractivity contribution in [1.82, 2.24) is 19.8 Å². The summed E-state index contributed by atoms with van der Waals surface area (Å²) >= 11 is 0. The number of ether oxygens (including phenoxy) is 4. The molecule has 1 aromatic heterocycles. The van der Waals surface area contributed by atoms with Crippen LogP contribution in [0.25, 0.3) is 32.8 Å². The number of amides is 1. The molecule has 0 bridgehead atoms. The van der Waals surface area contributed by atoms with E-state index in [1.165, 1.54) is 6.42 Å². The number of carbonyl (C=O) groups excluding carboxylic acids is 1. The fourth-order valence-corrected chi connectivity index (χ4v) is 8.65. The molecule has 2 aliphatic heterocycles. The lowest BCUT2D eigenvalue weighted by Gasteiger charge is -2.44. The number of hydrogen-bond acceptors (Lipinski definition) is 9. The van der Waals surface area contributed by atoms with Crippen molar-refractivity contribution in [3.63, 3.8) is 0 Å². The molecule has 1 saturated carbocycles. The van der Waals surface area contributed by atoms with Gasteiger partial charge in [-0.3, -0.25) is 0 Å². The van der Waals surface area contributed by atoms with E-state index in [0.717, 1.165) is 60.5 Å². The molecule has 1 amide bonds. The van der Waals surface area contributed by atoms with Gasteiger partial charge >= 0.3 is 12.1 Å². The summed E-state index contributed by atoms with van der Waals surface area (Å²) in [5.41, 5.74) is 1.93. The quantitative estimate of drug-likeness (QED) is 0.161. The van der Waals surface area contributed by atoms with Gasteiger partial charge < -0.3 is 33.6 Å². The average molecular weight is 714 g/mol. The van der Waals surface area contributed by atoms with Gasteiger partial charge in [0.15, 0.2) is 12.6 Å². The number of nitrogens with zero attached hydrogens (tertiary/aromatic N) is 5. The number of aromatic nitrogens is 2. The maximum atomic E-state index is 17.3. The number of aryl methyl sites for hydroxylation is 1. The van der Waals surface area contributed by atoms with Gasteiger partial charge in [-0.25, -0.2) is 9.18 Å². The Labute approximate surface area is 306 Å². The van der Waals surface area contributed by atoms with Crippen LogP contribution in [0.1, 0.15) is 65.4 Å². The first-order valence-electron chi connectivity index (χ1n) is 18.7. The minimum atomic E-state index is -0.581. The van der Waals surface area contributed by atoms with Gasteiger partial charge in [0.2, 0.25) is 0 Å². The van der Waals surface area contributed by atoms with Crippen molar-refractivity contribution in [3.05, 3.63) is 53.8 Å². The fourth-order valence-electron chi connectivity index (χ4n) is 8.65. The number of fused-ring (bicyclic) bond motifs is 3.